The largest absolute Gasteiger partial charge is 0.469 e. The number of hydrogen-bond donors (Lipinski definition) is 1. The Morgan fingerprint density at radius 2 is 2.53 bits per heavy atom. The van der Waals surface area contributed by atoms with Crippen molar-refractivity contribution in [1.82, 2.24) is 14.9 Å². The second kappa shape index (κ2) is 5.82. The molecule has 1 aromatic heterocycles. The van der Waals surface area contributed by atoms with Gasteiger partial charge < -0.3 is 14.6 Å². The van der Waals surface area contributed by atoms with Crippen LogP contribution in [-0.2, 0) is 6.54 Å². The molecule has 1 aliphatic rings. The minimum Gasteiger partial charge on any atom is -0.469 e. The van der Waals surface area contributed by atoms with E-state index in [0.717, 1.165) is 32.4 Å². The zero-order valence-electron chi connectivity index (χ0n) is 10.2. The van der Waals surface area contributed by atoms with Gasteiger partial charge in [-0.2, -0.15) is 0 Å². The maximum Gasteiger partial charge on any atom is 0.313 e. The molecule has 1 atom stereocenters. The minimum atomic E-state index is -0.125. The van der Waals surface area contributed by atoms with Gasteiger partial charge in [-0.05, 0) is 25.8 Å². The van der Waals surface area contributed by atoms with Crippen molar-refractivity contribution in [2.24, 2.45) is 0 Å². The molecule has 1 aliphatic heterocycles. The van der Waals surface area contributed by atoms with E-state index in [2.05, 4.69) is 10.3 Å². The van der Waals surface area contributed by atoms with Crippen molar-refractivity contribution in [2.45, 2.75) is 38.8 Å². The Morgan fingerprint density at radius 1 is 1.65 bits per heavy atom. The van der Waals surface area contributed by atoms with Gasteiger partial charge >= 0.3 is 5.56 Å². The van der Waals surface area contributed by atoms with E-state index in [1.165, 1.54) is 0 Å². The standard InChI is InChI=1S/C12H19N3O2/c1-2-7-15-8-6-14-11(12(15)16)17-10-4-3-5-13-9-10/h6,8,10,13H,2-5,7,9H2,1H3/t10-/m0/s1. The monoisotopic (exact) mass is 237 g/mol. The zero-order chi connectivity index (χ0) is 12.1. The molecule has 5 heteroatoms. The number of rotatable bonds is 4. The van der Waals surface area contributed by atoms with Crippen LogP contribution in [-0.4, -0.2) is 28.7 Å². The van der Waals surface area contributed by atoms with Gasteiger partial charge in [-0.1, -0.05) is 6.92 Å². The predicted octanol–water partition coefficient (Wildman–Crippen LogP) is 0.784. The molecule has 0 aromatic carbocycles. The molecule has 0 amide bonds. The zero-order valence-corrected chi connectivity index (χ0v) is 10.2. The summed E-state index contributed by atoms with van der Waals surface area (Å²) in [6.45, 7) is 4.57. The summed E-state index contributed by atoms with van der Waals surface area (Å²) in [5, 5.41) is 3.25. The second-order valence-electron chi connectivity index (χ2n) is 4.32. The molecule has 5 nitrogen and oxygen atoms in total. The Morgan fingerprint density at radius 3 is 3.24 bits per heavy atom. The van der Waals surface area contributed by atoms with Crippen LogP contribution in [0.3, 0.4) is 0 Å². The summed E-state index contributed by atoms with van der Waals surface area (Å²) < 4.78 is 7.32. The maximum atomic E-state index is 12.0. The highest BCUT2D eigenvalue weighted by Gasteiger charge is 2.17. The normalized spacial score (nSPS) is 20.2. The summed E-state index contributed by atoms with van der Waals surface area (Å²) in [6.07, 6.45) is 6.40. The van der Waals surface area contributed by atoms with Crippen LogP contribution >= 0.6 is 0 Å². The van der Waals surface area contributed by atoms with E-state index in [-0.39, 0.29) is 17.5 Å². The van der Waals surface area contributed by atoms with Crippen LogP contribution in [0, 0.1) is 0 Å². The topological polar surface area (TPSA) is 56.1 Å². The fourth-order valence-corrected chi connectivity index (χ4v) is 2.00. The van der Waals surface area contributed by atoms with Crippen molar-refractivity contribution in [2.75, 3.05) is 13.1 Å². The van der Waals surface area contributed by atoms with E-state index >= 15 is 0 Å². The quantitative estimate of drug-likeness (QED) is 0.841. The summed E-state index contributed by atoms with van der Waals surface area (Å²) >= 11 is 0. The molecule has 0 aliphatic carbocycles. The summed E-state index contributed by atoms with van der Waals surface area (Å²) in [5.74, 6) is 0.231. The summed E-state index contributed by atoms with van der Waals surface area (Å²) in [6, 6.07) is 0. The highest BCUT2D eigenvalue weighted by atomic mass is 16.5. The number of aryl methyl sites for hydroxylation is 1. The molecule has 2 heterocycles. The lowest BCUT2D eigenvalue weighted by Gasteiger charge is -2.23. The Kier molecular flexibility index (Phi) is 4.14. The highest BCUT2D eigenvalue weighted by Crippen LogP contribution is 2.08. The van der Waals surface area contributed by atoms with Gasteiger partial charge in [0.25, 0.3) is 5.88 Å². The van der Waals surface area contributed by atoms with Crippen molar-refractivity contribution < 1.29 is 4.74 Å². The first kappa shape index (κ1) is 12.1. The van der Waals surface area contributed by atoms with Gasteiger partial charge in [0.1, 0.15) is 6.10 Å². The third-order valence-corrected chi connectivity index (χ3v) is 2.88. The van der Waals surface area contributed by atoms with Gasteiger partial charge in [0.05, 0.1) is 0 Å². The van der Waals surface area contributed by atoms with Crippen molar-refractivity contribution >= 4 is 0 Å². The molecule has 1 N–H and O–H groups in total. The van der Waals surface area contributed by atoms with Crippen LogP contribution in [0.5, 0.6) is 5.88 Å². The molecule has 0 bridgehead atoms. The van der Waals surface area contributed by atoms with Crippen LogP contribution in [0.2, 0.25) is 0 Å². The fraction of sp³-hybridized carbons (Fsp3) is 0.667. The molecule has 1 saturated heterocycles. The van der Waals surface area contributed by atoms with Crippen molar-refractivity contribution in [3.63, 3.8) is 0 Å². The smallest absolute Gasteiger partial charge is 0.313 e. The Bertz CT molecular complexity index is 410. The van der Waals surface area contributed by atoms with E-state index in [1.807, 2.05) is 6.92 Å². The van der Waals surface area contributed by atoms with Crippen LogP contribution in [0.25, 0.3) is 0 Å². The lowest BCUT2D eigenvalue weighted by molar-refractivity contribution is 0.157. The van der Waals surface area contributed by atoms with Crippen LogP contribution in [0.4, 0.5) is 0 Å². The van der Waals surface area contributed by atoms with E-state index < -0.39 is 0 Å². The molecule has 0 radical (unpaired) electrons. The van der Waals surface area contributed by atoms with E-state index in [1.54, 1.807) is 17.0 Å². The first-order chi connectivity index (χ1) is 8.31. The highest BCUT2D eigenvalue weighted by molar-refractivity contribution is 5.05. The third-order valence-electron chi connectivity index (χ3n) is 2.88. The molecule has 2 rings (SSSR count). The van der Waals surface area contributed by atoms with E-state index in [4.69, 9.17) is 4.74 Å². The first-order valence-electron chi connectivity index (χ1n) is 6.24. The molecular weight excluding hydrogens is 218 g/mol. The molecule has 1 aromatic rings. The molecule has 0 spiro atoms. The number of hydrogen-bond acceptors (Lipinski definition) is 4. The Labute approximate surface area is 101 Å². The van der Waals surface area contributed by atoms with Gasteiger partial charge in [-0.15, -0.1) is 0 Å². The summed E-state index contributed by atoms with van der Waals surface area (Å²) in [7, 11) is 0. The lowest BCUT2D eigenvalue weighted by Crippen LogP contribution is -2.38. The van der Waals surface area contributed by atoms with Gasteiger partial charge in [-0.3, -0.25) is 4.79 Å². The number of aromatic nitrogens is 2. The molecule has 1 fully saturated rings. The van der Waals surface area contributed by atoms with Crippen molar-refractivity contribution in [3.05, 3.63) is 22.7 Å². The van der Waals surface area contributed by atoms with Gasteiger partial charge in [-0.25, -0.2) is 4.98 Å². The van der Waals surface area contributed by atoms with E-state index in [9.17, 15) is 4.79 Å². The van der Waals surface area contributed by atoms with Gasteiger partial charge in [0.2, 0.25) is 0 Å². The van der Waals surface area contributed by atoms with Gasteiger partial charge in [0, 0.05) is 25.5 Å². The van der Waals surface area contributed by atoms with Crippen molar-refractivity contribution in [1.29, 1.82) is 0 Å². The van der Waals surface area contributed by atoms with Crippen LogP contribution in [0.1, 0.15) is 26.2 Å². The third kappa shape index (κ3) is 3.06. The van der Waals surface area contributed by atoms with Gasteiger partial charge in [0.15, 0.2) is 0 Å². The molecule has 17 heavy (non-hydrogen) atoms. The average molecular weight is 237 g/mol. The fourth-order valence-electron chi connectivity index (χ4n) is 2.00. The second-order valence-corrected chi connectivity index (χ2v) is 4.32. The van der Waals surface area contributed by atoms with Crippen molar-refractivity contribution in [3.8, 4) is 5.88 Å². The first-order valence-corrected chi connectivity index (χ1v) is 6.24. The summed E-state index contributed by atoms with van der Waals surface area (Å²) in [4.78, 5) is 16.0. The van der Waals surface area contributed by atoms with E-state index in [0.29, 0.717) is 6.54 Å². The number of ether oxygens (including phenoxy) is 1. The SMILES string of the molecule is CCCn1ccnc(O[C@H]2CCCNC2)c1=O. The van der Waals surface area contributed by atoms with Crippen LogP contribution < -0.4 is 15.6 Å². The number of nitrogens with one attached hydrogen (secondary N) is 1. The predicted molar refractivity (Wildman–Crippen MR) is 65.3 cm³/mol. The average Bonchev–Trinajstić information content (AvgIpc) is 2.36. The summed E-state index contributed by atoms with van der Waals surface area (Å²) in [5.41, 5.74) is -0.125. The lowest BCUT2D eigenvalue weighted by atomic mass is 10.1. The molecule has 0 unspecified atom stereocenters. The Hall–Kier alpha value is -1.36. The maximum absolute atomic E-state index is 12.0. The number of piperidine rings is 1. The Balaban J connectivity index is 2.09. The number of nitrogens with zero attached hydrogens (tertiary/aromatic N) is 2. The van der Waals surface area contributed by atoms with Crippen LogP contribution in [0.15, 0.2) is 17.2 Å². The molecule has 0 saturated carbocycles. The molecule has 94 valence electrons. The minimum absolute atomic E-state index is 0.0708. The molecular formula is C12H19N3O2.